The van der Waals surface area contributed by atoms with Crippen LogP contribution in [0.3, 0.4) is 0 Å². The van der Waals surface area contributed by atoms with Crippen LogP contribution in [0.4, 0.5) is 11.4 Å². The summed E-state index contributed by atoms with van der Waals surface area (Å²) in [7, 11) is 2.18. The van der Waals surface area contributed by atoms with Gasteiger partial charge < -0.3 is 20.5 Å². The molecule has 1 saturated heterocycles. The van der Waals surface area contributed by atoms with Crippen molar-refractivity contribution in [1.29, 1.82) is 0 Å². The molecule has 0 bridgehead atoms. The van der Waals surface area contributed by atoms with E-state index in [9.17, 15) is 0 Å². The summed E-state index contributed by atoms with van der Waals surface area (Å²) in [6.07, 6.45) is 1.68. The normalized spacial score (nSPS) is 16.1. The van der Waals surface area contributed by atoms with E-state index in [1.165, 1.54) is 11.3 Å². The quantitative estimate of drug-likeness (QED) is 0.764. The standard InChI is InChI=1S/C18H21N5/c1-22-6-8-23(9-7-22)16-4-2-13(3-5-16)17-11-14-10-15(19)12-20-18(14)21-17/h2-5,10-12H,6-9,19H2,1H3,(H,20,21). The van der Waals surface area contributed by atoms with Crippen LogP contribution in [-0.4, -0.2) is 48.1 Å². The molecule has 118 valence electrons. The lowest BCUT2D eigenvalue weighted by Gasteiger charge is -2.34. The Labute approximate surface area is 135 Å². The summed E-state index contributed by atoms with van der Waals surface area (Å²) in [6, 6.07) is 12.8. The predicted octanol–water partition coefficient (Wildman–Crippen LogP) is 2.56. The number of H-pyrrole nitrogens is 1. The first-order valence-electron chi connectivity index (χ1n) is 7.97. The van der Waals surface area contributed by atoms with Crippen molar-refractivity contribution in [2.75, 3.05) is 43.9 Å². The summed E-state index contributed by atoms with van der Waals surface area (Å²) < 4.78 is 0. The Balaban J connectivity index is 1.59. The zero-order valence-electron chi connectivity index (χ0n) is 13.3. The van der Waals surface area contributed by atoms with E-state index in [0.29, 0.717) is 5.69 Å². The Kier molecular flexibility index (Phi) is 3.42. The van der Waals surface area contributed by atoms with E-state index in [0.717, 1.165) is 42.9 Å². The van der Waals surface area contributed by atoms with Crippen LogP contribution in [0.2, 0.25) is 0 Å². The number of piperazine rings is 1. The summed E-state index contributed by atoms with van der Waals surface area (Å²) in [5.74, 6) is 0. The highest BCUT2D eigenvalue weighted by atomic mass is 15.2. The first-order valence-corrected chi connectivity index (χ1v) is 7.97. The molecule has 1 aliphatic heterocycles. The first-order chi connectivity index (χ1) is 11.2. The number of hydrogen-bond donors (Lipinski definition) is 2. The number of anilines is 2. The van der Waals surface area contributed by atoms with Gasteiger partial charge in [-0.2, -0.15) is 0 Å². The molecular formula is C18H21N5. The number of fused-ring (bicyclic) bond motifs is 1. The van der Waals surface area contributed by atoms with Crippen molar-refractivity contribution in [2.24, 2.45) is 0 Å². The number of aromatic amines is 1. The van der Waals surface area contributed by atoms with Crippen LogP contribution in [0.1, 0.15) is 0 Å². The molecule has 23 heavy (non-hydrogen) atoms. The van der Waals surface area contributed by atoms with Crippen molar-refractivity contribution >= 4 is 22.4 Å². The predicted molar refractivity (Wildman–Crippen MR) is 95.7 cm³/mol. The average molecular weight is 307 g/mol. The topological polar surface area (TPSA) is 61.2 Å². The number of aromatic nitrogens is 2. The molecule has 0 atom stereocenters. The fourth-order valence-electron chi connectivity index (χ4n) is 3.10. The number of nitrogens with one attached hydrogen (secondary N) is 1. The number of nitrogens with two attached hydrogens (primary N) is 1. The first kappa shape index (κ1) is 14.1. The Bertz CT molecular complexity index is 813. The van der Waals surface area contributed by atoms with Gasteiger partial charge in [0, 0.05) is 42.9 Å². The van der Waals surface area contributed by atoms with Gasteiger partial charge in [-0.05, 0) is 36.9 Å². The van der Waals surface area contributed by atoms with Gasteiger partial charge >= 0.3 is 0 Å². The number of pyridine rings is 1. The fourth-order valence-corrected chi connectivity index (χ4v) is 3.10. The van der Waals surface area contributed by atoms with Gasteiger partial charge in [0.25, 0.3) is 0 Å². The van der Waals surface area contributed by atoms with Crippen LogP contribution in [0, 0.1) is 0 Å². The van der Waals surface area contributed by atoms with Gasteiger partial charge in [0.2, 0.25) is 0 Å². The van der Waals surface area contributed by atoms with Crippen LogP contribution >= 0.6 is 0 Å². The molecule has 0 spiro atoms. The van der Waals surface area contributed by atoms with Gasteiger partial charge in [0.15, 0.2) is 0 Å². The molecule has 2 aromatic heterocycles. The Morgan fingerprint density at radius 1 is 1.04 bits per heavy atom. The SMILES string of the molecule is CN1CCN(c2ccc(-c3cc4cc(N)cnc4[nH]3)cc2)CC1. The van der Waals surface area contributed by atoms with Gasteiger partial charge in [-0.1, -0.05) is 12.1 Å². The minimum atomic E-state index is 0.688. The smallest absolute Gasteiger partial charge is 0.137 e. The zero-order chi connectivity index (χ0) is 15.8. The lowest BCUT2D eigenvalue weighted by atomic mass is 10.1. The van der Waals surface area contributed by atoms with E-state index in [1.807, 2.05) is 6.07 Å². The molecule has 0 unspecified atom stereocenters. The van der Waals surface area contributed by atoms with Crippen LogP contribution in [-0.2, 0) is 0 Å². The molecule has 1 fully saturated rings. The maximum atomic E-state index is 5.80. The van der Waals surface area contributed by atoms with Crippen LogP contribution < -0.4 is 10.6 Å². The lowest BCUT2D eigenvalue weighted by molar-refractivity contribution is 0.313. The molecule has 1 aliphatic rings. The largest absolute Gasteiger partial charge is 0.397 e. The highest BCUT2D eigenvalue weighted by molar-refractivity contribution is 5.85. The van der Waals surface area contributed by atoms with Gasteiger partial charge in [-0.15, -0.1) is 0 Å². The summed E-state index contributed by atoms with van der Waals surface area (Å²) in [5, 5.41) is 1.04. The third-order valence-corrected chi connectivity index (χ3v) is 4.54. The number of rotatable bonds is 2. The van der Waals surface area contributed by atoms with Crippen LogP contribution in [0.25, 0.3) is 22.3 Å². The maximum absolute atomic E-state index is 5.80. The van der Waals surface area contributed by atoms with Gasteiger partial charge in [-0.25, -0.2) is 4.98 Å². The van der Waals surface area contributed by atoms with E-state index >= 15 is 0 Å². The van der Waals surface area contributed by atoms with Crippen molar-refractivity contribution < 1.29 is 0 Å². The second kappa shape index (κ2) is 5.59. The van der Waals surface area contributed by atoms with Crippen molar-refractivity contribution in [3.05, 3.63) is 42.6 Å². The highest BCUT2D eigenvalue weighted by Gasteiger charge is 2.14. The third kappa shape index (κ3) is 2.75. The summed E-state index contributed by atoms with van der Waals surface area (Å²) in [4.78, 5) is 12.5. The maximum Gasteiger partial charge on any atom is 0.137 e. The lowest BCUT2D eigenvalue weighted by Crippen LogP contribution is -2.44. The Hall–Kier alpha value is -2.53. The summed E-state index contributed by atoms with van der Waals surface area (Å²) in [6.45, 7) is 4.42. The van der Waals surface area contributed by atoms with E-state index in [2.05, 4.69) is 57.1 Å². The van der Waals surface area contributed by atoms with Crippen LogP contribution in [0.5, 0.6) is 0 Å². The second-order valence-electron chi connectivity index (χ2n) is 6.23. The van der Waals surface area contributed by atoms with Crippen molar-refractivity contribution in [3.8, 4) is 11.3 Å². The monoisotopic (exact) mass is 307 g/mol. The Morgan fingerprint density at radius 3 is 2.52 bits per heavy atom. The number of nitrogen functional groups attached to an aromatic ring is 1. The average Bonchev–Trinajstić information content (AvgIpc) is 2.99. The molecule has 1 aromatic carbocycles. The van der Waals surface area contributed by atoms with Crippen molar-refractivity contribution in [1.82, 2.24) is 14.9 Å². The van der Waals surface area contributed by atoms with Gasteiger partial charge in [-0.3, -0.25) is 0 Å². The van der Waals surface area contributed by atoms with Crippen molar-refractivity contribution in [2.45, 2.75) is 0 Å². The molecule has 0 aliphatic carbocycles. The second-order valence-corrected chi connectivity index (χ2v) is 6.23. The van der Waals surface area contributed by atoms with E-state index in [1.54, 1.807) is 6.20 Å². The summed E-state index contributed by atoms with van der Waals surface area (Å²) >= 11 is 0. The van der Waals surface area contributed by atoms with E-state index in [4.69, 9.17) is 5.73 Å². The molecule has 3 N–H and O–H groups in total. The molecule has 5 heteroatoms. The molecule has 4 rings (SSSR count). The fraction of sp³-hybridized carbons (Fsp3) is 0.278. The molecular weight excluding hydrogens is 286 g/mol. The van der Waals surface area contributed by atoms with Crippen LogP contribution in [0.15, 0.2) is 42.6 Å². The van der Waals surface area contributed by atoms with E-state index in [-0.39, 0.29) is 0 Å². The number of hydrogen-bond acceptors (Lipinski definition) is 4. The van der Waals surface area contributed by atoms with Gasteiger partial charge in [0.05, 0.1) is 11.9 Å². The number of benzene rings is 1. The third-order valence-electron chi connectivity index (χ3n) is 4.54. The molecule has 0 amide bonds. The highest BCUT2D eigenvalue weighted by Crippen LogP contribution is 2.26. The molecule has 5 nitrogen and oxygen atoms in total. The number of nitrogens with zero attached hydrogens (tertiary/aromatic N) is 3. The summed E-state index contributed by atoms with van der Waals surface area (Å²) in [5.41, 5.74) is 10.9. The van der Waals surface area contributed by atoms with E-state index < -0.39 is 0 Å². The molecule has 3 aromatic rings. The minimum absolute atomic E-state index is 0.688. The van der Waals surface area contributed by atoms with Crippen molar-refractivity contribution in [3.63, 3.8) is 0 Å². The minimum Gasteiger partial charge on any atom is -0.397 e. The number of likely N-dealkylation sites (N-methyl/N-ethyl adjacent to an activating group) is 1. The molecule has 3 heterocycles. The zero-order valence-corrected chi connectivity index (χ0v) is 13.3. The van der Waals surface area contributed by atoms with Gasteiger partial charge in [0.1, 0.15) is 5.65 Å². The molecule has 0 saturated carbocycles. The molecule has 0 radical (unpaired) electrons. The Morgan fingerprint density at radius 2 is 1.78 bits per heavy atom.